The van der Waals surface area contributed by atoms with Crippen molar-refractivity contribution in [3.63, 3.8) is 0 Å². The molecule has 2 atom stereocenters. The van der Waals surface area contributed by atoms with Gasteiger partial charge in [-0.25, -0.2) is 9.97 Å². The first-order chi connectivity index (χ1) is 10.1. The van der Waals surface area contributed by atoms with Gasteiger partial charge in [-0.1, -0.05) is 13.8 Å². The number of fused-ring (bicyclic) bond motifs is 2. The third-order valence-electron chi connectivity index (χ3n) is 4.52. The molecule has 0 fully saturated rings. The van der Waals surface area contributed by atoms with Crippen LogP contribution in [0, 0.1) is 0 Å². The topological polar surface area (TPSA) is 35.0 Å². The Bertz CT molecular complexity index is 651. The molecule has 0 bridgehead atoms. The van der Waals surface area contributed by atoms with Gasteiger partial charge in [0.15, 0.2) is 0 Å². The molecule has 0 saturated heterocycles. The number of ether oxygens (including phenoxy) is 1. The number of aromatic nitrogens is 2. The van der Waals surface area contributed by atoms with Crippen LogP contribution in [-0.2, 0) is 0 Å². The van der Waals surface area contributed by atoms with Crippen LogP contribution in [-0.4, -0.2) is 16.1 Å². The summed E-state index contributed by atoms with van der Waals surface area (Å²) in [5.41, 5.74) is 4.92. The van der Waals surface area contributed by atoms with Gasteiger partial charge in [0.05, 0.1) is 23.3 Å². The van der Waals surface area contributed by atoms with E-state index in [0.717, 1.165) is 11.0 Å². The van der Waals surface area contributed by atoms with E-state index in [1.165, 1.54) is 30.4 Å². The molecule has 112 valence electrons. The van der Waals surface area contributed by atoms with E-state index in [4.69, 9.17) is 4.74 Å². The molecule has 1 aromatic carbocycles. The molecule has 0 radical (unpaired) electrons. The smallest absolute Gasteiger partial charge is 0.233 e. The Morgan fingerprint density at radius 1 is 1.10 bits per heavy atom. The SMILES string of the molecule is CCC1CC(CC)c2cc3nc(OC(C)C)cnc3cc21. The summed E-state index contributed by atoms with van der Waals surface area (Å²) in [5.74, 6) is 1.98. The van der Waals surface area contributed by atoms with Crippen LogP contribution in [0.3, 0.4) is 0 Å². The maximum absolute atomic E-state index is 5.66. The molecule has 1 aliphatic rings. The van der Waals surface area contributed by atoms with E-state index in [0.29, 0.717) is 17.7 Å². The second-order valence-corrected chi connectivity index (χ2v) is 6.29. The summed E-state index contributed by atoms with van der Waals surface area (Å²) in [5, 5.41) is 0. The minimum absolute atomic E-state index is 0.124. The highest BCUT2D eigenvalue weighted by Gasteiger charge is 2.29. The van der Waals surface area contributed by atoms with Gasteiger partial charge in [-0.05, 0) is 68.2 Å². The molecular weight excluding hydrogens is 260 g/mol. The van der Waals surface area contributed by atoms with E-state index in [1.54, 1.807) is 6.20 Å². The molecule has 3 nitrogen and oxygen atoms in total. The normalized spacial score (nSPS) is 21.0. The molecule has 1 heterocycles. The molecule has 0 amide bonds. The molecule has 2 unspecified atom stereocenters. The van der Waals surface area contributed by atoms with Gasteiger partial charge < -0.3 is 4.74 Å². The average molecular weight is 284 g/mol. The minimum atomic E-state index is 0.124. The van der Waals surface area contributed by atoms with Crippen LogP contribution in [0.15, 0.2) is 18.3 Å². The quantitative estimate of drug-likeness (QED) is 0.808. The summed E-state index contributed by atoms with van der Waals surface area (Å²) in [7, 11) is 0. The lowest BCUT2D eigenvalue weighted by atomic mass is 9.98. The van der Waals surface area contributed by atoms with Gasteiger partial charge in [-0.15, -0.1) is 0 Å². The number of hydrogen-bond donors (Lipinski definition) is 0. The highest BCUT2D eigenvalue weighted by atomic mass is 16.5. The first kappa shape index (κ1) is 14.3. The maximum Gasteiger partial charge on any atom is 0.233 e. The summed E-state index contributed by atoms with van der Waals surface area (Å²) < 4.78 is 5.66. The van der Waals surface area contributed by atoms with E-state index in [1.807, 2.05) is 13.8 Å². The lowest BCUT2D eigenvalue weighted by Crippen LogP contribution is -2.07. The Morgan fingerprint density at radius 3 is 2.29 bits per heavy atom. The molecule has 21 heavy (non-hydrogen) atoms. The van der Waals surface area contributed by atoms with E-state index in [9.17, 15) is 0 Å². The first-order valence-corrected chi connectivity index (χ1v) is 8.09. The fourth-order valence-corrected chi connectivity index (χ4v) is 3.45. The maximum atomic E-state index is 5.66. The van der Waals surface area contributed by atoms with Crippen molar-refractivity contribution in [2.45, 2.75) is 64.9 Å². The Hall–Kier alpha value is -1.64. The van der Waals surface area contributed by atoms with E-state index in [2.05, 4.69) is 35.9 Å². The third-order valence-corrected chi connectivity index (χ3v) is 4.52. The second kappa shape index (κ2) is 5.63. The predicted octanol–water partition coefficient (Wildman–Crippen LogP) is 4.81. The molecule has 3 heteroatoms. The summed E-state index contributed by atoms with van der Waals surface area (Å²) >= 11 is 0. The van der Waals surface area contributed by atoms with Gasteiger partial charge >= 0.3 is 0 Å². The monoisotopic (exact) mass is 284 g/mol. The zero-order chi connectivity index (χ0) is 15.0. The van der Waals surface area contributed by atoms with Crippen molar-refractivity contribution < 1.29 is 4.74 Å². The lowest BCUT2D eigenvalue weighted by molar-refractivity contribution is 0.232. The van der Waals surface area contributed by atoms with Gasteiger partial charge in [0.2, 0.25) is 5.88 Å². The Balaban J connectivity index is 2.07. The number of nitrogens with zero attached hydrogens (tertiary/aromatic N) is 2. The van der Waals surface area contributed by atoms with Crippen molar-refractivity contribution in [1.29, 1.82) is 0 Å². The molecular formula is C18H24N2O. The summed E-state index contributed by atoms with van der Waals surface area (Å²) in [6.07, 6.45) is 5.54. The van der Waals surface area contributed by atoms with Crippen molar-refractivity contribution in [1.82, 2.24) is 9.97 Å². The van der Waals surface area contributed by atoms with E-state index >= 15 is 0 Å². The molecule has 2 aromatic rings. The lowest BCUT2D eigenvalue weighted by Gasteiger charge is -2.11. The molecule has 0 N–H and O–H groups in total. The molecule has 0 aliphatic heterocycles. The van der Waals surface area contributed by atoms with Crippen molar-refractivity contribution in [2.75, 3.05) is 0 Å². The molecule has 1 aromatic heterocycles. The van der Waals surface area contributed by atoms with Crippen LogP contribution in [0.1, 0.15) is 69.9 Å². The zero-order valence-corrected chi connectivity index (χ0v) is 13.4. The van der Waals surface area contributed by atoms with Crippen LogP contribution in [0.25, 0.3) is 11.0 Å². The van der Waals surface area contributed by atoms with E-state index in [-0.39, 0.29) is 6.10 Å². The average Bonchev–Trinajstić information content (AvgIpc) is 2.81. The number of hydrogen-bond acceptors (Lipinski definition) is 3. The van der Waals surface area contributed by atoms with Crippen LogP contribution in [0.4, 0.5) is 0 Å². The third kappa shape index (κ3) is 2.61. The molecule has 3 rings (SSSR count). The standard InChI is InChI=1S/C18H24N2O/c1-5-12-7-13(6-2)15-9-17-16(8-14(12)15)19-10-18(20-17)21-11(3)4/h8-13H,5-7H2,1-4H3. The van der Waals surface area contributed by atoms with Crippen molar-refractivity contribution in [3.05, 3.63) is 29.5 Å². The Labute approximate surface area is 126 Å². The van der Waals surface area contributed by atoms with Crippen LogP contribution in [0.2, 0.25) is 0 Å². The van der Waals surface area contributed by atoms with Gasteiger partial charge in [0.25, 0.3) is 0 Å². The van der Waals surface area contributed by atoms with Gasteiger partial charge in [-0.3, -0.25) is 0 Å². The molecule has 1 aliphatic carbocycles. The zero-order valence-electron chi connectivity index (χ0n) is 13.4. The van der Waals surface area contributed by atoms with Crippen molar-refractivity contribution in [3.8, 4) is 5.88 Å². The highest BCUT2D eigenvalue weighted by molar-refractivity contribution is 5.77. The Morgan fingerprint density at radius 2 is 1.71 bits per heavy atom. The minimum Gasteiger partial charge on any atom is -0.474 e. The second-order valence-electron chi connectivity index (χ2n) is 6.29. The van der Waals surface area contributed by atoms with Crippen molar-refractivity contribution in [2.24, 2.45) is 0 Å². The fraction of sp³-hybridized carbons (Fsp3) is 0.556. The summed E-state index contributed by atoms with van der Waals surface area (Å²) in [6.45, 7) is 8.57. The Kier molecular flexibility index (Phi) is 3.83. The van der Waals surface area contributed by atoms with Gasteiger partial charge in [0.1, 0.15) is 0 Å². The first-order valence-electron chi connectivity index (χ1n) is 8.09. The highest BCUT2D eigenvalue weighted by Crippen LogP contribution is 2.45. The van der Waals surface area contributed by atoms with Crippen LogP contribution >= 0.6 is 0 Å². The predicted molar refractivity (Wildman–Crippen MR) is 86.0 cm³/mol. The molecule has 0 spiro atoms. The van der Waals surface area contributed by atoms with Gasteiger partial charge in [-0.2, -0.15) is 0 Å². The van der Waals surface area contributed by atoms with Crippen LogP contribution in [0.5, 0.6) is 5.88 Å². The van der Waals surface area contributed by atoms with Crippen molar-refractivity contribution >= 4 is 11.0 Å². The largest absolute Gasteiger partial charge is 0.474 e. The fourth-order valence-electron chi connectivity index (χ4n) is 3.45. The number of rotatable bonds is 4. The summed E-state index contributed by atoms with van der Waals surface area (Å²) in [4.78, 5) is 9.17. The number of benzene rings is 1. The summed E-state index contributed by atoms with van der Waals surface area (Å²) in [6, 6.07) is 4.50. The van der Waals surface area contributed by atoms with Gasteiger partial charge in [0, 0.05) is 0 Å². The van der Waals surface area contributed by atoms with Crippen LogP contribution < -0.4 is 4.74 Å². The molecule has 0 saturated carbocycles. The van der Waals surface area contributed by atoms with E-state index < -0.39 is 0 Å².